The number of hydrogen-bond donors (Lipinski definition) is 0. The molecule has 2 fully saturated rings. The van der Waals surface area contributed by atoms with Gasteiger partial charge in [0.05, 0.1) is 30.5 Å². The predicted octanol–water partition coefficient (Wildman–Crippen LogP) is 5.74. The Hall–Kier alpha value is -1.54. The van der Waals surface area contributed by atoms with Crippen molar-refractivity contribution in [3.05, 3.63) is 29.3 Å². The Morgan fingerprint density at radius 2 is 1.66 bits per heavy atom. The van der Waals surface area contributed by atoms with Crippen LogP contribution in [0.4, 0.5) is 5.69 Å². The number of ether oxygens (including phenoxy) is 3. The number of nitrogens with zero attached hydrogens (tertiary/aromatic N) is 1. The van der Waals surface area contributed by atoms with Crippen LogP contribution < -0.4 is 4.90 Å². The van der Waals surface area contributed by atoms with Crippen molar-refractivity contribution in [1.29, 1.82) is 0 Å². The second-order valence-corrected chi connectivity index (χ2v) is 11.6. The third-order valence-corrected chi connectivity index (χ3v) is 5.99. The summed E-state index contributed by atoms with van der Waals surface area (Å²) in [5.74, 6) is 6.41. The van der Waals surface area contributed by atoms with E-state index in [4.69, 9.17) is 14.2 Å². The van der Waals surface area contributed by atoms with Crippen molar-refractivity contribution in [2.24, 2.45) is 5.41 Å². The third kappa shape index (κ3) is 8.10. The average molecular weight is 442 g/mol. The number of anilines is 1. The summed E-state index contributed by atoms with van der Waals surface area (Å²) in [5, 5.41) is 0. The van der Waals surface area contributed by atoms with Gasteiger partial charge in [-0.1, -0.05) is 38.7 Å². The first-order chi connectivity index (χ1) is 15.0. The average Bonchev–Trinajstić information content (AvgIpc) is 2.67. The summed E-state index contributed by atoms with van der Waals surface area (Å²) >= 11 is 0. The van der Waals surface area contributed by atoms with E-state index < -0.39 is 0 Å². The Kier molecular flexibility index (Phi) is 8.31. The van der Waals surface area contributed by atoms with Crippen LogP contribution in [0.15, 0.2) is 18.2 Å². The van der Waals surface area contributed by atoms with E-state index in [-0.39, 0.29) is 11.0 Å². The zero-order valence-electron chi connectivity index (χ0n) is 21.3. The summed E-state index contributed by atoms with van der Waals surface area (Å²) in [4.78, 5) is 2.49. The molecule has 1 aliphatic carbocycles. The Balaban J connectivity index is 1.44. The Morgan fingerprint density at radius 1 is 0.969 bits per heavy atom. The fourth-order valence-electron chi connectivity index (χ4n) is 4.06. The van der Waals surface area contributed by atoms with E-state index in [2.05, 4.69) is 83.4 Å². The van der Waals surface area contributed by atoms with Gasteiger partial charge in [-0.15, -0.1) is 0 Å². The standard InChI is InChI=1S/C28H43NO3/c1-21-10-11-22(9-8-16-31-28(5,6)7)17-26(21)29-14-12-23(13-15-29)32-25-18-24(19-25)30-20-27(2,3)4/h10-11,17,23-25H,12-16,18-20H2,1-7H3. The van der Waals surface area contributed by atoms with Crippen molar-refractivity contribution in [2.75, 3.05) is 31.2 Å². The molecule has 1 heterocycles. The zero-order chi connectivity index (χ0) is 23.4. The lowest BCUT2D eigenvalue weighted by atomic mass is 9.90. The molecule has 0 radical (unpaired) electrons. The highest BCUT2D eigenvalue weighted by Crippen LogP contribution is 2.32. The number of rotatable bonds is 6. The van der Waals surface area contributed by atoms with E-state index in [0.717, 1.165) is 50.9 Å². The summed E-state index contributed by atoms with van der Waals surface area (Å²) in [5.41, 5.74) is 3.74. The smallest absolute Gasteiger partial charge is 0.108 e. The molecule has 1 saturated heterocycles. The van der Waals surface area contributed by atoms with Crippen LogP contribution in [0.25, 0.3) is 0 Å². The SMILES string of the molecule is Cc1ccc(C#CCOC(C)(C)C)cc1N1CCC(OC2CC(OCC(C)(C)C)C2)CC1. The van der Waals surface area contributed by atoms with Crippen LogP contribution in [0.3, 0.4) is 0 Å². The second kappa shape index (κ2) is 10.6. The monoisotopic (exact) mass is 441 g/mol. The van der Waals surface area contributed by atoms with E-state index in [1.807, 2.05) is 0 Å². The Labute approximate surface area is 196 Å². The van der Waals surface area contributed by atoms with E-state index in [0.29, 0.717) is 24.9 Å². The Bertz CT molecular complexity index is 795. The molecular formula is C28H43NO3. The van der Waals surface area contributed by atoms with Crippen molar-refractivity contribution >= 4 is 5.69 Å². The van der Waals surface area contributed by atoms with E-state index >= 15 is 0 Å². The maximum Gasteiger partial charge on any atom is 0.108 e. The lowest BCUT2D eigenvalue weighted by Crippen LogP contribution is -2.44. The highest BCUT2D eigenvalue weighted by molar-refractivity contribution is 5.58. The van der Waals surface area contributed by atoms with Gasteiger partial charge in [-0.25, -0.2) is 0 Å². The molecule has 1 aromatic rings. The van der Waals surface area contributed by atoms with Crippen LogP contribution in [-0.2, 0) is 14.2 Å². The maximum atomic E-state index is 6.38. The van der Waals surface area contributed by atoms with Gasteiger partial charge in [0.15, 0.2) is 0 Å². The van der Waals surface area contributed by atoms with Crippen molar-refractivity contribution < 1.29 is 14.2 Å². The van der Waals surface area contributed by atoms with Crippen molar-refractivity contribution in [3.8, 4) is 11.8 Å². The molecule has 4 nitrogen and oxygen atoms in total. The molecule has 0 bridgehead atoms. The third-order valence-electron chi connectivity index (χ3n) is 5.99. The molecule has 0 atom stereocenters. The maximum absolute atomic E-state index is 6.38. The predicted molar refractivity (Wildman–Crippen MR) is 132 cm³/mol. The Morgan fingerprint density at radius 3 is 2.28 bits per heavy atom. The molecule has 4 heteroatoms. The molecule has 0 spiro atoms. The summed E-state index contributed by atoms with van der Waals surface area (Å²) in [6.07, 6.45) is 5.41. The molecular weight excluding hydrogens is 398 g/mol. The van der Waals surface area contributed by atoms with Crippen LogP contribution in [0.1, 0.15) is 78.4 Å². The number of hydrogen-bond acceptors (Lipinski definition) is 4. The quantitative estimate of drug-likeness (QED) is 0.527. The van der Waals surface area contributed by atoms with Gasteiger partial charge in [0.1, 0.15) is 6.61 Å². The number of aryl methyl sites for hydroxylation is 1. The molecule has 1 aromatic carbocycles. The van der Waals surface area contributed by atoms with Crippen molar-refractivity contribution in [3.63, 3.8) is 0 Å². The van der Waals surface area contributed by atoms with E-state index in [1.165, 1.54) is 11.3 Å². The van der Waals surface area contributed by atoms with Gasteiger partial charge in [0.2, 0.25) is 0 Å². The summed E-state index contributed by atoms with van der Waals surface area (Å²) in [6, 6.07) is 6.51. The van der Waals surface area contributed by atoms with Crippen LogP contribution in [0.2, 0.25) is 0 Å². The summed E-state index contributed by atoms with van der Waals surface area (Å²) in [6.45, 7) is 18.4. The normalized spacial score (nSPS) is 22.3. The molecule has 0 N–H and O–H groups in total. The topological polar surface area (TPSA) is 30.9 Å². The minimum atomic E-state index is -0.153. The first-order valence-corrected chi connectivity index (χ1v) is 12.2. The van der Waals surface area contributed by atoms with Crippen molar-refractivity contribution in [2.45, 2.75) is 98.1 Å². The van der Waals surface area contributed by atoms with Gasteiger partial charge >= 0.3 is 0 Å². The molecule has 178 valence electrons. The fourth-order valence-corrected chi connectivity index (χ4v) is 4.06. The largest absolute Gasteiger partial charge is 0.377 e. The lowest BCUT2D eigenvalue weighted by Gasteiger charge is -2.41. The number of piperidine rings is 1. The second-order valence-electron chi connectivity index (χ2n) is 11.6. The first kappa shape index (κ1) is 25.1. The molecule has 0 unspecified atom stereocenters. The molecule has 1 saturated carbocycles. The lowest BCUT2D eigenvalue weighted by molar-refractivity contribution is -0.137. The molecule has 2 aliphatic rings. The molecule has 0 aromatic heterocycles. The van der Waals surface area contributed by atoms with Gasteiger partial charge in [-0.3, -0.25) is 0 Å². The highest BCUT2D eigenvalue weighted by Gasteiger charge is 2.34. The number of benzene rings is 1. The highest BCUT2D eigenvalue weighted by atomic mass is 16.5. The van der Waals surface area contributed by atoms with Crippen LogP contribution in [0.5, 0.6) is 0 Å². The first-order valence-electron chi connectivity index (χ1n) is 12.2. The molecule has 1 aliphatic heterocycles. The molecule has 0 amide bonds. The summed E-state index contributed by atoms with van der Waals surface area (Å²) < 4.78 is 18.1. The summed E-state index contributed by atoms with van der Waals surface area (Å²) in [7, 11) is 0. The van der Waals surface area contributed by atoms with Gasteiger partial charge in [0, 0.05) is 24.3 Å². The zero-order valence-corrected chi connectivity index (χ0v) is 21.3. The van der Waals surface area contributed by atoms with Crippen molar-refractivity contribution in [1.82, 2.24) is 0 Å². The van der Waals surface area contributed by atoms with Gasteiger partial charge < -0.3 is 19.1 Å². The van der Waals surface area contributed by atoms with Crippen LogP contribution in [-0.4, -0.2) is 50.2 Å². The molecule has 3 rings (SSSR count). The molecule has 32 heavy (non-hydrogen) atoms. The fraction of sp³-hybridized carbons (Fsp3) is 0.714. The van der Waals surface area contributed by atoms with Gasteiger partial charge in [-0.05, 0) is 76.5 Å². The van der Waals surface area contributed by atoms with Gasteiger partial charge in [0.25, 0.3) is 0 Å². The van der Waals surface area contributed by atoms with Crippen LogP contribution >= 0.6 is 0 Å². The van der Waals surface area contributed by atoms with Gasteiger partial charge in [-0.2, -0.15) is 0 Å². The van der Waals surface area contributed by atoms with E-state index in [9.17, 15) is 0 Å². The minimum absolute atomic E-state index is 0.153. The minimum Gasteiger partial charge on any atom is -0.377 e. The van der Waals surface area contributed by atoms with E-state index in [1.54, 1.807) is 0 Å². The van der Waals surface area contributed by atoms with Crippen LogP contribution in [0, 0.1) is 24.2 Å².